The van der Waals surface area contributed by atoms with Crippen LogP contribution in [0.4, 0.5) is 5.69 Å². The molecule has 0 aliphatic rings. The van der Waals surface area contributed by atoms with Crippen molar-refractivity contribution in [1.82, 2.24) is 19.6 Å². The molecule has 2 aromatic heterocycles. The summed E-state index contributed by atoms with van der Waals surface area (Å²) in [4.78, 5) is 11.9. The zero-order valence-corrected chi connectivity index (χ0v) is 13.7. The molecule has 0 spiro atoms. The van der Waals surface area contributed by atoms with Gasteiger partial charge in [0.1, 0.15) is 0 Å². The van der Waals surface area contributed by atoms with Gasteiger partial charge in [-0.1, -0.05) is 29.8 Å². The quantitative estimate of drug-likeness (QED) is 0.735. The maximum Gasteiger partial charge on any atom is 0.248 e. The summed E-state index contributed by atoms with van der Waals surface area (Å²) in [5, 5.41) is 11.1. The summed E-state index contributed by atoms with van der Waals surface area (Å²) in [7, 11) is 1.83. The zero-order valence-electron chi connectivity index (χ0n) is 13.7. The molecular formula is C18H19N5O. The number of hydrogen-bond donors (Lipinski definition) is 1. The van der Waals surface area contributed by atoms with Gasteiger partial charge >= 0.3 is 0 Å². The van der Waals surface area contributed by atoms with E-state index in [4.69, 9.17) is 0 Å². The molecule has 24 heavy (non-hydrogen) atoms. The maximum absolute atomic E-state index is 11.9. The molecule has 0 aliphatic carbocycles. The van der Waals surface area contributed by atoms with E-state index in [1.165, 1.54) is 11.6 Å². The lowest BCUT2D eigenvalue weighted by atomic mass is 10.1. The summed E-state index contributed by atoms with van der Waals surface area (Å²) < 4.78 is 3.48. The van der Waals surface area contributed by atoms with Crippen molar-refractivity contribution in [2.45, 2.75) is 13.5 Å². The van der Waals surface area contributed by atoms with Crippen LogP contribution in [0.1, 0.15) is 16.7 Å². The molecule has 0 radical (unpaired) electrons. The van der Waals surface area contributed by atoms with Gasteiger partial charge in [0, 0.05) is 31.1 Å². The molecule has 3 aromatic rings. The van der Waals surface area contributed by atoms with Crippen molar-refractivity contribution in [3.63, 3.8) is 0 Å². The van der Waals surface area contributed by atoms with Crippen LogP contribution >= 0.6 is 0 Å². The number of rotatable bonds is 5. The van der Waals surface area contributed by atoms with Crippen LogP contribution in [0.5, 0.6) is 0 Å². The molecule has 2 heterocycles. The van der Waals surface area contributed by atoms with E-state index in [0.717, 1.165) is 11.1 Å². The van der Waals surface area contributed by atoms with Crippen molar-refractivity contribution < 1.29 is 4.79 Å². The molecule has 0 fully saturated rings. The van der Waals surface area contributed by atoms with Gasteiger partial charge in [0.05, 0.1) is 24.6 Å². The van der Waals surface area contributed by atoms with Gasteiger partial charge in [0.15, 0.2) is 0 Å². The van der Waals surface area contributed by atoms with Gasteiger partial charge in [-0.05, 0) is 18.6 Å². The second kappa shape index (κ2) is 6.95. The van der Waals surface area contributed by atoms with E-state index in [1.54, 1.807) is 27.8 Å². The van der Waals surface area contributed by atoms with Gasteiger partial charge in [0.25, 0.3) is 0 Å². The maximum atomic E-state index is 11.9. The Kier molecular flexibility index (Phi) is 4.56. The Balaban J connectivity index is 1.58. The number of nitrogens with zero attached hydrogens (tertiary/aromatic N) is 4. The van der Waals surface area contributed by atoms with Crippen LogP contribution in [0.25, 0.3) is 6.08 Å². The molecule has 6 nitrogen and oxygen atoms in total. The number of aromatic nitrogens is 4. The van der Waals surface area contributed by atoms with Crippen molar-refractivity contribution in [3.8, 4) is 0 Å². The number of hydrogen-bond acceptors (Lipinski definition) is 3. The van der Waals surface area contributed by atoms with Crippen LogP contribution < -0.4 is 5.32 Å². The van der Waals surface area contributed by atoms with Crippen LogP contribution in [-0.4, -0.2) is 25.5 Å². The lowest BCUT2D eigenvalue weighted by Gasteiger charge is -2.02. The fourth-order valence-corrected chi connectivity index (χ4v) is 2.28. The average molecular weight is 321 g/mol. The van der Waals surface area contributed by atoms with E-state index in [1.807, 2.05) is 19.4 Å². The minimum Gasteiger partial charge on any atom is -0.320 e. The highest BCUT2D eigenvalue weighted by atomic mass is 16.1. The molecule has 1 N–H and O–H groups in total. The Labute approximate surface area is 140 Å². The Hall–Kier alpha value is -3.15. The number of anilines is 1. The van der Waals surface area contributed by atoms with Crippen molar-refractivity contribution in [2.24, 2.45) is 7.05 Å². The van der Waals surface area contributed by atoms with Gasteiger partial charge in [-0.25, -0.2) is 0 Å². The first-order chi connectivity index (χ1) is 11.6. The summed E-state index contributed by atoms with van der Waals surface area (Å²) in [6.07, 6.45) is 10.2. The van der Waals surface area contributed by atoms with Crippen molar-refractivity contribution >= 4 is 17.7 Å². The number of nitrogens with one attached hydrogen (secondary N) is 1. The monoisotopic (exact) mass is 321 g/mol. The van der Waals surface area contributed by atoms with Gasteiger partial charge in [-0.2, -0.15) is 10.2 Å². The molecular weight excluding hydrogens is 302 g/mol. The van der Waals surface area contributed by atoms with E-state index < -0.39 is 0 Å². The second-order valence-electron chi connectivity index (χ2n) is 5.68. The number of benzene rings is 1. The number of carbonyl (C=O) groups is 1. The van der Waals surface area contributed by atoms with Gasteiger partial charge in [0.2, 0.25) is 5.91 Å². The fourth-order valence-electron chi connectivity index (χ4n) is 2.28. The fraction of sp³-hybridized carbons (Fsp3) is 0.167. The average Bonchev–Trinajstić information content (AvgIpc) is 3.17. The SMILES string of the molecule is Cc1ccc(Cn2cc(NC(=O)/C=C/c3cnn(C)c3)cn2)cc1. The number of amides is 1. The molecule has 1 aromatic carbocycles. The van der Waals surface area contributed by atoms with Crippen molar-refractivity contribution in [2.75, 3.05) is 5.32 Å². The smallest absolute Gasteiger partial charge is 0.248 e. The molecule has 3 rings (SSSR count). The standard InChI is InChI=1S/C18H19N5O/c1-14-3-5-15(6-4-14)12-23-13-17(10-20-23)21-18(24)8-7-16-9-19-22(2)11-16/h3-11,13H,12H2,1-2H3,(H,21,24)/b8-7+. The van der Waals surface area contributed by atoms with Crippen LogP contribution in [-0.2, 0) is 18.4 Å². The molecule has 0 saturated carbocycles. The zero-order chi connectivity index (χ0) is 16.9. The highest BCUT2D eigenvalue weighted by Crippen LogP contribution is 2.09. The lowest BCUT2D eigenvalue weighted by molar-refractivity contribution is -0.111. The van der Waals surface area contributed by atoms with Gasteiger partial charge in [-0.15, -0.1) is 0 Å². The Bertz CT molecular complexity index is 858. The second-order valence-corrected chi connectivity index (χ2v) is 5.68. The van der Waals surface area contributed by atoms with Crippen LogP contribution in [0.15, 0.2) is 55.1 Å². The minimum absolute atomic E-state index is 0.200. The summed E-state index contributed by atoms with van der Waals surface area (Å²) >= 11 is 0. The summed E-state index contributed by atoms with van der Waals surface area (Å²) in [6, 6.07) is 8.30. The van der Waals surface area contributed by atoms with E-state index in [2.05, 4.69) is 46.7 Å². The van der Waals surface area contributed by atoms with E-state index >= 15 is 0 Å². The molecule has 0 unspecified atom stereocenters. The highest BCUT2D eigenvalue weighted by molar-refractivity contribution is 6.01. The van der Waals surface area contributed by atoms with Crippen molar-refractivity contribution in [1.29, 1.82) is 0 Å². The van der Waals surface area contributed by atoms with Gasteiger partial charge < -0.3 is 5.32 Å². The third-order valence-corrected chi connectivity index (χ3v) is 3.52. The molecule has 1 amide bonds. The Morgan fingerprint density at radius 1 is 1.17 bits per heavy atom. The normalized spacial score (nSPS) is 11.1. The van der Waals surface area contributed by atoms with E-state index in [9.17, 15) is 4.79 Å². The van der Waals surface area contributed by atoms with Crippen LogP contribution in [0.3, 0.4) is 0 Å². The summed E-state index contributed by atoms with van der Waals surface area (Å²) in [5.41, 5.74) is 3.94. The molecule has 6 heteroatoms. The summed E-state index contributed by atoms with van der Waals surface area (Å²) in [5.74, 6) is -0.200. The molecule has 0 saturated heterocycles. The minimum atomic E-state index is -0.200. The van der Waals surface area contributed by atoms with E-state index in [0.29, 0.717) is 12.2 Å². The largest absolute Gasteiger partial charge is 0.320 e. The van der Waals surface area contributed by atoms with Crippen molar-refractivity contribution in [3.05, 3.63) is 71.8 Å². The predicted octanol–water partition coefficient (Wildman–Crippen LogP) is 2.63. The first-order valence-electron chi connectivity index (χ1n) is 7.64. The number of aryl methyl sites for hydroxylation is 2. The molecule has 0 aliphatic heterocycles. The molecule has 0 atom stereocenters. The third-order valence-electron chi connectivity index (χ3n) is 3.52. The van der Waals surface area contributed by atoms with Crippen LogP contribution in [0.2, 0.25) is 0 Å². The first-order valence-corrected chi connectivity index (χ1v) is 7.64. The highest BCUT2D eigenvalue weighted by Gasteiger charge is 2.03. The summed E-state index contributed by atoms with van der Waals surface area (Å²) in [6.45, 7) is 2.73. The number of carbonyl (C=O) groups excluding carboxylic acids is 1. The molecule has 0 bridgehead atoms. The van der Waals surface area contributed by atoms with E-state index in [-0.39, 0.29) is 5.91 Å². The Morgan fingerprint density at radius 3 is 2.67 bits per heavy atom. The van der Waals surface area contributed by atoms with Crippen LogP contribution in [0, 0.1) is 6.92 Å². The molecule has 122 valence electrons. The predicted molar refractivity (Wildman–Crippen MR) is 93.4 cm³/mol. The first kappa shape index (κ1) is 15.7. The third kappa shape index (κ3) is 4.19. The Morgan fingerprint density at radius 2 is 1.96 bits per heavy atom. The lowest BCUT2D eigenvalue weighted by Crippen LogP contribution is -2.07. The van der Waals surface area contributed by atoms with Gasteiger partial charge in [-0.3, -0.25) is 14.2 Å². The topological polar surface area (TPSA) is 64.7 Å².